The molecule has 2 aromatic rings. The highest BCUT2D eigenvalue weighted by atomic mass is 32.2. The van der Waals surface area contributed by atoms with E-state index in [0.29, 0.717) is 0 Å². The minimum atomic E-state index is -3.79. The minimum absolute atomic E-state index is 0.0315. The molecule has 0 bridgehead atoms. The molecule has 0 radical (unpaired) electrons. The third-order valence-corrected chi connectivity index (χ3v) is 6.44. The average Bonchev–Trinajstić information content (AvgIpc) is 2.94. The number of hydrogen-bond donors (Lipinski definition) is 1. The first-order valence-corrected chi connectivity index (χ1v) is 9.37. The number of hydrogen-bond acceptors (Lipinski definition) is 6. The first kappa shape index (κ1) is 18.3. The number of phenols is 1. The Hall–Kier alpha value is -2.46. The Morgan fingerprint density at radius 2 is 1.88 bits per heavy atom. The van der Waals surface area contributed by atoms with Crippen molar-refractivity contribution in [1.82, 2.24) is 14.4 Å². The van der Waals surface area contributed by atoms with Crippen LogP contribution in [0, 0.1) is 19.7 Å². The molecular weight excluding hydrogens is 365 g/mol. The SMILES string of the molecule is Cc1noc(C)c1S(=O)(=O)N1CCN(C(=O)c2c(O)cccc2F)CC1. The largest absolute Gasteiger partial charge is 0.507 e. The van der Waals surface area contributed by atoms with E-state index in [1.807, 2.05) is 0 Å². The molecular formula is C16H18FN3O5S. The van der Waals surface area contributed by atoms with E-state index in [-0.39, 0.29) is 42.5 Å². The van der Waals surface area contributed by atoms with Gasteiger partial charge in [0.15, 0.2) is 5.76 Å². The van der Waals surface area contributed by atoms with Crippen LogP contribution in [-0.2, 0) is 10.0 Å². The van der Waals surface area contributed by atoms with E-state index >= 15 is 0 Å². The van der Waals surface area contributed by atoms with Gasteiger partial charge in [0.2, 0.25) is 10.0 Å². The summed E-state index contributed by atoms with van der Waals surface area (Å²) in [7, 11) is -3.79. The molecule has 1 N–H and O–H groups in total. The van der Waals surface area contributed by atoms with Crippen LogP contribution >= 0.6 is 0 Å². The molecule has 1 aromatic heterocycles. The predicted molar refractivity (Wildman–Crippen MR) is 88.7 cm³/mol. The molecule has 1 aromatic carbocycles. The summed E-state index contributed by atoms with van der Waals surface area (Å²) in [5.74, 6) is -1.73. The van der Waals surface area contributed by atoms with Gasteiger partial charge in [-0.1, -0.05) is 11.2 Å². The Morgan fingerprint density at radius 3 is 2.42 bits per heavy atom. The van der Waals surface area contributed by atoms with Crippen molar-refractivity contribution >= 4 is 15.9 Å². The highest BCUT2D eigenvalue weighted by Gasteiger charge is 2.35. The number of sulfonamides is 1. The molecule has 10 heteroatoms. The standard InChI is InChI=1S/C16H18FN3O5S/c1-10-15(11(2)25-18-10)26(23,24)20-8-6-19(7-9-20)16(22)14-12(17)4-3-5-13(14)21/h3-5,21H,6-9H2,1-2H3. The van der Waals surface area contributed by atoms with Gasteiger partial charge in [-0.25, -0.2) is 12.8 Å². The molecule has 8 nitrogen and oxygen atoms in total. The fourth-order valence-electron chi connectivity index (χ4n) is 2.99. The van der Waals surface area contributed by atoms with Crippen LogP contribution in [0.2, 0.25) is 0 Å². The Kier molecular flexibility index (Phi) is 4.72. The van der Waals surface area contributed by atoms with E-state index in [4.69, 9.17) is 4.52 Å². The van der Waals surface area contributed by atoms with Gasteiger partial charge in [-0.05, 0) is 26.0 Å². The zero-order valence-corrected chi connectivity index (χ0v) is 15.1. The van der Waals surface area contributed by atoms with Crippen LogP contribution < -0.4 is 0 Å². The second kappa shape index (κ2) is 6.69. The Bertz CT molecular complexity index is 909. The highest BCUT2D eigenvalue weighted by Crippen LogP contribution is 2.26. The number of amides is 1. The summed E-state index contributed by atoms with van der Waals surface area (Å²) in [6.45, 7) is 3.32. The Morgan fingerprint density at radius 1 is 1.23 bits per heavy atom. The molecule has 0 saturated carbocycles. The van der Waals surface area contributed by atoms with Crippen molar-refractivity contribution in [3.63, 3.8) is 0 Å². The van der Waals surface area contributed by atoms with Crippen LogP contribution in [0.25, 0.3) is 0 Å². The first-order valence-electron chi connectivity index (χ1n) is 7.93. The first-order chi connectivity index (χ1) is 12.2. The molecule has 1 aliphatic heterocycles. The summed E-state index contributed by atoms with van der Waals surface area (Å²) in [5, 5.41) is 13.4. The van der Waals surface area contributed by atoms with E-state index in [0.717, 1.165) is 6.07 Å². The van der Waals surface area contributed by atoms with Gasteiger partial charge < -0.3 is 14.5 Å². The highest BCUT2D eigenvalue weighted by molar-refractivity contribution is 7.89. The molecule has 0 atom stereocenters. The summed E-state index contributed by atoms with van der Waals surface area (Å²) in [5.41, 5.74) is -0.133. The number of phenolic OH excluding ortho intramolecular Hbond substituents is 1. The van der Waals surface area contributed by atoms with Gasteiger partial charge in [0.1, 0.15) is 27.7 Å². The number of aromatic nitrogens is 1. The topological polar surface area (TPSA) is 104 Å². The molecule has 0 aliphatic carbocycles. The van der Waals surface area contributed by atoms with E-state index in [2.05, 4.69) is 5.16 Å². The van der Waals surface area contributed by atoms with Crippen molar-refractivity contribution in [3.8, 4) is 5.75 Å². The van der Waals surface area contributed by atoms with Gasteiger partial charge in [-0.3, -0.25) is 4.79 Å². The quantitative estimate of drug-likeness (QED) is 0.856. The van der Waals surface area contributed by atoms with Gasteiger partial charge in [-0.2, -0.15) is 4.31 Å². The number of piperazine rings is 1. The monoisotopic (exact) mass is 383 g/mol. The fraction of sp³-hybridized carbons (Fsp3) is 0.375. The van der Waals surface area contributed by atoms with Gasteiger partial charge in [0, 0.05) is 26.2 Å². The fourth-order valence-corrected chi connectivity index (χ4v) is 4.70. The molecule has 3 rings (SSSR count). The normalized spacial score (nSPS) is 16.0. The van der Waals surface area contributed by atoms with E-state index < -0.39 is 33.1 Å². The number of benzene rings is 1. The summed E-state index contributed by atoms with van der Waals surface area (Å²) in [6.07, 6.45) is 0. The predicted octanol–water partition coefficient (Wildman–Crippen LogP) is 1.28. The van der Waals surface area contributed by atoms with Crippen molar-refractivity contribution in [2.75, 3.05) is 26.2 Å². The number of aromatic hydroxyl groups is 1. The summed E-state index contributed by atoms with van der Waals surface area (Å²) in [4.78, 5) is 13.8. The van der Waals surface area contributed by atoms with Crippen LogP contribution in [-0.4, -0.2) is 60.0 Å². The van der Waals surface area contributed by atoms with Gasteiger partial charge >= 0.3 is 0 Å². The number of carbonyl (C=O) groups is 1. The molecule has 2 heterocycles. The van der Waals surface area contributed by atoms with Crippen molar-refractivity contribution in [1.29, 1.82) is 0 Å². The number of halogens is 1. The lowest BCUT2D eigenvalue weighted by Crippen LogP contribution is -2.50. The van der Waals surface area contributed by atoms with Gasteiger partial charge in [-0.15, -0.1) is 0 Å². The summed E-state index contributed by atoms with van der Waals surface area (Å²) >= 11 is 0. The third-order valence-electron chi connectivity index (χ3n) is 4.30. The van der Waals surface area contributed by atoms with E-state index in [1.165, 1.54) is 28.3 Å². The molecule has 1 aliphatic rings. The molecule has 0 unspecified atom stereocenters. The van der Waals surface area contributed by atoms with E-state index in [9.17, 15) is 22.7 Å². The zero-order valence-electron chi connectivity index (χ0n) is 14.3. The smallest absolute Gasteiger partial charge is 0.260 e. The number of rotatable bonds is 3. The number of aryl methyl sites for hydroxylation is 2. The van der Waals surface area contributed by atoms with Gasteiger partial charge in [0.25, 0.3) is 5.91 Å². The maximum absolute atomic E-state index is 13.9. The molecule has 26 heavy (non-hydrogen) atoms. The lowest BCUT2D eigenvalue weighted by Gasteiger charge is -2.34. The van der Waals surface area contributed by atoms with Gasteiger partial charge in [0.05, 0.1) is 0 Å². The Labute approximate surface area is 149 Å². The third kappa shape index (κ3) is 3.06. The van der Waals surface area contributed by atoms with Crippen LogP contribution in [0.4, 0.5) is 4.39 Å². The molecule has 1 amide bonds. The van der Waals surface area contributed by atoms with Crippen LogP contribution in [0.1, 0.15) is 21.8 Å². The average molecular weight is 383 g/mol. The lowest BCUT2D eigenvalue weighted by atomic mass is 10.1. The molecule has 140 valence electrons. The lowest BCUT2D eigenvalue weighted by molar-refractivity contribution is 0.0689. The summed E-state index contributed by atoms with van der Waals surface area (Å²) < 4.78 is 45.6. The summed E-state index contributed by atoms with van der Waals surface area (Å²) in [6, 6.07) is 3.62. The second-order valence-electron chi connectivity index (χ2n) is 5.98. The van der Waals surface area contributed by atoms with E-state index in [1.54, 1.807) is 6.92 Å². The zero-order chi connectivity index (χ0) is 19.1. The molecule has 0 spiro atoms. The van der Waals surface area contributed by atoms with Crippen LogP contribution in [0.3, 0.4) is 0 Å². The second-order valence-corrected chi connectivity index (χ2v) is 7.86. The van der Waals surface area contributed by atoms with Crippen molar-refractivity contribution in [2.45, 2.75) is 18.7 Å². The molecule has 1 fully saturated rings. The molecule has 1 saturated heterocycles. The van der Waals surface area contributed by atoms with Crippen molar-refractivity contribution in [3.05, 3.63) is 41.0 Å². The number of nitrogens with zero attached hydrogens (tertiary/aromatic N) is 3. The maximum Gasteiger partial charge on any atom is 0.260 e. The van der Waals surface area contributed by atoms with Crippen molar-refractivity contribution in [2.24, 2.45) is 0 Å². The van der Waals surface area contributed by atoms with Crippen LogP contribution in [0.15, 0.2) is 27.6 Å². The van der Waals surface area contributed by atoms with Crippen LogP contribution in [0.5, 0.6) is 5.75 Å². The maximum atomic E-state index is 13.9. The van der Waals surface area contributed by atoms with Crippen molar-refractivity contribution < 1.29 is 27.2 Å². The number of carbonyl (C=O) groups excluding carboxylic acids is 1. The minimum Gasteiger partial charge on any atom is -0.507 e. The Balaban J connectivity index is 1.76.